The highest BCUT2D eigenvalue weighted by Crippen LogP contribution is 2.24. The first-order valence-corrected chi connectivity index (χ1v) is 9.88. The molecule has 0 aromatic carbocycles. The fourth-order valence-electron chi connectivity index (χ4n) is 1.26. The summed E-state index contributed by atoms with van der Waals surface area (Å²) in [7, 11) is -1.90. The van der Waals surface area contributed by atoms with Crippen LogP contribution in [0.15, 0.2) is 16.3 Å². The van der Waals surface area contributed by atoms with Gasteiger partial charge in [0.15, 0.2) is 0 Å². The highest BCUT2D eigenvalue weighted by molar-refractivity contribution is 8.15. The maximum atomic E-state index is 11.6. The summed E-state index contributed by atoms with van der Waals surface area (Å²) in [5.41, 5.74) is 0. The molecule has 0 radical (unpaired) electrons. The van der Waals surface area contributed by atoms with Crippen molar-refractivity contribution in [3.63, 3.8) is 0 Å². The highest BCUT2D eigenvalue weighted by Gasteiger charge is 2.15. The van der Waals surface area contributed by atoms with Crippen LogP contribution in [0.4, 0.5) is 0 Å². The number of rotatable bonds is 6. The van der Waals surface area contributed by atoms with Gasteiger partial charge in [-0.2, -0.15) is 0 Å². The first-order chi connectivity index (χ1) is 8.10. The van der Waals surface area contributed by atoms with Gasteiger partial charge < -0.3 is 0 Å². The van der Waals surface area contributed by atoms with Crippen LogP contribution in [0.2, 0.25) is 0 Å². The monoisotopic (exact) mass is 331 g/mol. The summed E-state index contributed by atoms with van der Waals surface area (Å²) in [4.78, 5) is 0.599. The zero-order valence-electron chi connectivity index (χ0n) is 9.88. The largest absolute Gasteiger partial charge is 0.270 e. The van der Waals surface area contributed by atoms with E-state index in [1.54, 1.807) is 0 Å². The Morgan fingerprint density at radius 1 is 1.28 bits per heavy atom. The molecular weight excluding hydrogens is 318 g/mol. The van der Waals surface area contributed by atoms with E-state index in [1.165, 1.54) is 12.1 Å². The van der Waals surface area contributed by atoms with Gasteiger partial charge in [-0.1, -0.05) is 13.8 Å². The Kier molecular flexibility index (Phi) is 5.19. The average Bonchev–Trinajstić information content (AvgIpc) is 2.60. The molecule has 0 bridgehead atoms. The molecule has 0 atom stereocenters. The molecule has 0 fully saturated rings. The maximum absolute atomic E-state index is 11.6. The summed E-state index contributed by atoms with van der Waals surface area (Å²) in [6.07, 6.45) is 0. The molecule has 104 valence electrons. The Bertz CT molecular complexity index is 604. The summed E-state index contributed by atoms with van der Waals surface area (Å²) in [6.45, 7) is 3.69. The van der Waals surface area contributed by atoms with E-state index in [9.17, 15) is 16.8 Å². The van der Waals surface area contributed by atoms with Gasteiger partial charge in [-0.15, -0.1) is 11.3 Å². The van der Waals surface area contributed by atoms with E-state index in [-0.39, 0.29) is 22.4 Å². The Hall–Kier alpha value is -0.150. The molecule has 1 aromatic rings. The van der Waals surface area contributed by atoms with E-state index in [0.29, 0.717) is 4.88 Å². The van der Waals surface area contributed by atoms with Crippen LogP contribution in [-0.2, 0) is 25.6 Å². The van der Waals surface area contributed by atoms with Gasteiger partial charge in [0.2, 0.25) is 10.0 Å². The first kappa shape index (κ1) is 15.9. The fourth-order valence-corrected chi connectivity index (χ4v) is 4.79. The van der Waals surface area contributed by atoms with Gasteiger partial charge in [0, 0.05) is 22.1 Å². The second-order valence-electron chi connectivity index (χ2n) is 4.15. The lowest BCUT2D eigenvalue weighted by atomic mass is 10.3. The lowest BCUT2D eigenvalue weighted by Crippen LogP contribution is -2.27. The van der Waals surface area contributed by atoms with Gasteiger partial charge in [0.1, 0.15) is 4.21 Å². The fraction of sp³-hybridized carbons (Fsp3) is 0.556. The second kappa shape index (κ2) is 5.87. The van der Waals surface area contributed by atoms with E-state index < -0.39 is 19.1 Å². The van der Waals surface area contributed by atoms with Crippen molar-refractivity contribution < 1.29 is 16.8 Å². The van der Waals surface area contributed by atoms with E-state index in [1.807, 2.05) is 13.8 Å². The van der Waals surface area contributed by atoms with Gasteiger partial charge >= 0.3 is 0 Å². The lowest BCUT2D eigenvalue weighted by molar-refractivity contribution is 0.568. The van der Waals surface area contributed by atoms with Crippen LogP contribution in [0, 0.1) is 5.92 Å². The summed E-state index contributed by atoms with van der Waals surface area (Å²) in [5.74, 6) is 0.0728. The third kappa shape index (κ3) is 5.23. The smallest absolute Gasteiger partial charge is 0.212 e. The zero-order chi connectivity index (χ0) is 14.0. The number of hydrogen-bond acceptors (Lipinski definition) is 5. The summed E-state index contributed by atoms with van der Waals surface area (Å²) >= 11 is 0.953. The van der Waals surface area contributed by atoms with Crippen molar-refractivity contribution in [2.24, 2.45) is 5.92 Å². The molecule has 0 spiro atoms. The van der Waals surface area contributed by atoms with Crippen LogP contribution in [0.1, 0.15) is 18.7 Å². The third-order valence-electron chi connectivity index (χ3n) is 1.90. The second-order valence-corrected chi connectivity index (χ2v) is 9.97. The van der Waals surface area contributed by atoms with E-state index in [2.05, 4.69) is 4.72 Å². The maximum Gasteiger partial charge on any atom is 0.270 e. The minimum absolute atomic E-state index is 0.0159. The van der Waals surface area contributed by atoms with E-state index in [0.717, 1.165) is 11.3 Å². The molecule has 0 amide bonds. The average molecular weight is 332 g/mol. The molecule has 5 nitrogen and oxygen atoms in total. The predicted molar refractivity (Wildman–Crippen MR) is 72.8 cm³/mol. The van der Waals surface area contributed by atoms with Crippen LogP contribution in [-0.4, -0.2) is 22.6 Å². The van der Waals surface area contributed by atoms with Crippen LogP contribution < -0.4 is 4.72 Å². The first-order valence-electron chi connectivity index (χ1n) is 5.11. The molecule has 0 saturated heterocycles. The van der Waals surface area contributed by atoms with Crippen molar-refractivity contribution >= 4 is 41.1 Å². The van der Waals surface area contributed by atoms with E-state index >= 15 is 0 Å². The van der Waals surface area contributed by atoms with Gasteiger partial charge in [-0.25, -0.2) is 21.6 Å². The standard InChI is InChI=1S/C9H14ClNO4S3/c1-7(2)6-17(12,13)11-5-8-3-4-9(16-8)18(10,14)15/h3-4,7,11H,5-6H2,1-2H3. The van der Waals surface area contributed by atoms with Gasteiger partial charge in [-0.05, 0) is 18.1 Å². The van der Waals surface area contributed by atoms with Crippen molar-refractivity contribution in [2.75, 3.05) is 5.75 Å². The third-order valence-corrected chi connectivity index (χ3v) is 6.76. The molecule has 0 unspecified atom stereocenters. The Labute approximate surface area is 116 Å². The van der Waals surface area contributed by atoms with Gasteiger partial charge in [-0.3, -0.25) is 0 Å². The zero-order valence-corrected chi connectivity index (χ0v) is 13.1. The Balaban J connectivity index is 2.68. The van der Waals surface area contributed by atoms with Crippen molar-refractivity contribution in [3.05, 3.63) is 17.0 Å². The molecule has 1 heterocycles. The Morgan fingerprint density at radius 3 is 2.33 bits per heavy atom. The molecule has 1 N–H and O–H groups in total. The number of nitrogens with one attached hydrogen (secondary N) is 1. The van der Waals surface area contributed by atoms with Gasteiger partial charge in [0.05, 0.1) is 5.75 Å². The molecule has 0 aliphatic rings. The molecule has 9 heteroatoms. The van der Waals surface area contributed by atoms with Gasteiger partial charge in [0.25, 0.3) is 9.05 Å². The number of sulfonamides is 1. The normalized spacial score (nSPS) is 13.1. The molecule has 1 rings (SSSR count). The van der Waals surface area contributed by atoms with Crippen LogP contribution in [0.25, 0.3) is 0 Å². The van der Waals surface area contributed by atoms with Crippen molar-refractivity contribution in [1.82, 2.24) is 4.72 Å². The Morgan fingerprint density at radius 2 is 1.89 bits per heavy atom. The van der Waals surface area contributed by atoms with Crippen LogP contribution in [0.5, 0.6) is 0 Å². The number of halogens is 1. The topological polar surface area (TPSA) is 80.3 Å². The molecule has 18 heavy (non-hydrogen) atoms. The molecule has 0 aliphatic heterocycles. The van der Waals surface area contributed by atoms with Crippen LogP contribution >= 0.6 is 22.0 Å². The van der Waals surface area contributed by atoms with Crippen molar-refractivity contribution in [2.45, 2.75) is 24.6 Å². The lowest BCUT2D eigenvalue weighted by Gasteiger charge is -2.07. The number of hydrogen-bond donors (Lipinski definition) is 1. The molecule has 1 aromatic heterocycles. The van der Waals surface area contributed by atoms with Crippen molar-refractivity contribution in [1.29, 1.82) is 0 Å². The summed E-state index contributed by atoms with van der Waals surface area (Å²) in [6, 6.07) is 2.90. The van der Waals surface area contributed by atoms with Crippen molar-refractivity contribution in [3.8, 4) is 0 Å². The van der Waals surface area contributed by atoms with E-state index in [4.69, 9.17) is 10.7 Å². The molecular formula is C9H14ClNO4S3. The number of thiophene rings is 1. The minimum atomic E-state index is -3.74. The quantitative estimate of drug-likeness (QED) is 0.805. The summed E-state index contributed by atoms with van der Waals surface area (Å²) in [5, 5.41) is 0. The SMILES string of the molecule is CC(C)CS(=O)(=O)NCc1ccc(S(=O)(=O)Cl)s1. The van der Waals surface area contributed by atoms with Crippen LogP contribution in [0.3, 0.4) is 0 Å². The predicted octanol–water partition coefficient (Wildman–Crippen LogP) is 1.75. The highest BCUT2D eigenvalue weighted by atomic mass is 35.7. The molecule has 0 saturated carbocycles. The minimum Gasteiger partial charge on any atom is -0.212 e. The summed E-state index contributed by atoms with van der Waals surface area (Å²) < 4.78 is 47.6. The molecule has 0 aliphatic carbocycles.